The summed E-state index contributed by atoms with van der Waals surface area (Å²) in [6, 6.07) is 16.9. The Labute approximate surface area is 99.7 Å². The van der Waals surface area contributed by atoms with Crippen LogP contribution >= 0.6 is 11.8 Å². The van der Waals surface area contributed by atoms with E-state index in [1.54, 1.807) is 0 Å². The van der Waals surface area contributed by atoms with Gasteiger partial charge in [0.1, 0.15) is 0 Å². The third-order valence-electron chi connectivity index (χ3n) is 3.03. The third-order valence-corrected chi connectivity index (χ3v) is 4.17. The van der Waals surface area contributed by atoms with Crippen molar-refractivity contribution in [3.63, 3.8) is 0 Å². The fraction of sp³-hybridized carbons (Fsp3) is 0.143. The highest BCUT2D eigenvalue weighted by molar-refractivity contribution is 7.98. The molecule has 3 rings (SSSR count). The van der Waals surface area contributed by atoms with Crippen LogP contribution in [0.4, 0.5) is 0 Å². The number of rotatable bonds is 0. The molecule has 2 heteroatoms. The molecule has 1 atom stereocenters. The number of thioether (sulfide) groups is 1. The molecule has 0 fully saturated rings. The van der Waals surface area contributed by atoms with Gasteiger partial charge in [-0.15, -0.1) is 11.8 Å². The van der Waals surface area contributed by atoms with Crippen molar-refractivity contribution < 1.29 is 0 Å². The summed E-state index contributed by atoms with van der Waals surface area (Å²) in [6.07, 6.45) is 0. The second kappa shape index (κ2) is 3.96. The van der Waals surface area contributed by atoms with Crippen molar-refractivity contribution in [2.75, 3.05) is 0 Å². The fourth-order valence-electron chi connectivity index (χ4n) is 2.16. The summed E-state index contributed by atoms with van der Waals surface area (Å²) in [5.41, 5.74) is 10.2. The van der Waals surface area contributed by atoms with Crippen molar-refractivity contribution in [2.45, 2.75) is 16.7 Å². The Hall–Kier alpha value is -1.25. The van der Waals surface area contributed by atoms with Crippen LogP contribution in [0.3, 0.4) is 0 Å². The van der Waals surface area contributed by atoms with Crippen molar-refractivity contribution in [2.24, 2.45) is 5.73 Å². The molecule has 1 aliphatic heterocycles. The average Bonchev–Trinajstić information content (AvgIpc) is 2.49. The van der Waals surface area contributed by atoms with Gasteiger partial charge < -0.3 is 5.73 Å². The minimum Gasteiger partial charge on any atom is -0.320 e. The lowest BCUT2D eigenvalue weighted by molar-refractivity contribution is 0.844. The van der Waals surface area contributed by atoms with Gasteiger partial charge in [0.2, 0.25) is 0 Å². The summed E-state index contributed by atoms with van der Waals surface area (Å²) in [5.74, 6) is 1.01. The first-order chi connectivity index (χ1) is 7.86. The van der Waals surface area contributed by atoms with E-state index >= 15 is 0 Å². The quantitative estimate of drug-likeness (QED) is 0.747. The van der Waals surface area contributed by atoms with Crippen LogP contribution in [0.5, 0.6) is 0 Å². The first kappa shape index (κ1) is 9.94. The number of benzene rings is 2. The largest absolute Gasteiger partial charge is 0.320 e. The first-order valence-corrected chi connectivity index (χ1v) is 6.40. The van der Waals surface area contributed by atoms with Crippen molar-refractivity contribution in [1.29, 1.82) is 0 Å². The molecule has 1 aliphatic rings. The minimum atomic E-state index is 0.0161. The van der Waals surface area contributed by atoms with Gasteiger partial charge >= 0.3 is 0 Å². The summed E-state index contributed by atoms with van der Waals surface area (Å²) in [5, 5.41) is 0. The van der Waals surface area contributed by atoms with Crippen LogP contribution in [0.2, 0.25) is 0 Å². The Morgan fingerprint density at radius 2 is 1.62 bits per heavy atom. The zero-order chi connectivity index (χ0) is 11.0. The SMILES string of the molecule is N[C@@H]1c2ccccc2CSc2ccccc21. The van der Waals surface area contributed by atoms with Crippen LogP contribution in [0.15, 0.2) is 53.4 Å². The molecule has 1 nitrogen and oxygen atoms in total. The molecule has 2 aromatic carbocycles. The van der Waals surface area contributed by atoms with E-state index in [0.29, 0.717) is 0 Å². The van der Waals surface area contributed by atoms with E-state index in [2.05, 4.69) is 48.5 Å². The van der Waals surface area contributed by atoms with E-state index < -0.39 is 0 Å². The highest BCUT2D eigenvalue weighted by Crippen LogP contribution is 2.37. The number of hydrogen-bond donors (Lipinski definition) is 1. The van der Waals surface area contributed by atoms with E-state index in [0.717, 1.165) is 5.75 Å². The van der Waals surface area contributed by atoms with Crippen LogP contribution in [-0.4, -0.2) is 0 Å². The Morgan fingerprint density at radius 1 is 0.938 bits per heavy atom. The van der Waals surface area contributed by atoms with Gasteiger partial charge in [-0.25, -0.2) is 0 Å². The second-order valence-electron chi connectivity index (χ2n) is 4.00. The smallest absolute Gasteiger partial charge is 0.0565 e. The maximum atomic E-state index is 6.34. The average molecular weight is 227 g/mol. The molecule has 0 spiro atoms. The molecule has 16 heavy (non-hydrogen) atoms. The van der Waals surface area contributed by atoms with Crippen molar-refractivity contribution in [3.8, 4) is 0 Å². The predicted molar refractivity (Wildman–Crippen MR) is 68.5 cm³/mol. The van der Waals surface area contributed by atoms with Gasteiger partial charge in [0.15, 0.2) is 0 Å². The molecular weight excluding hydrogens is 214 g/mol. The molecule has 2 aromatic rings. The Balaban J connectivity index is 2.18. The Kier molecular flexibility index (Phi) is 2.46. The van der Waals surface area contributed by atoms with E-state index in [1.165, 1.54) is 21.6 Å². The van der Waals surface area contributed by atoms with Crippen molar-refractivity contribution in [3.05, 3.63) is 65.2 Å². The van der Waals surface area contributed by atoms with E-state index in [4.69, 9.17) is 5.73 Å². The van der Waals surface area contributed by atoms with Crippen LogP contribution < -0.4 is 5.73 Å². The van der Waals surface area contributed by atoms with Gasteiger partial charge in [-0.3, -0.25) is 0 Å². The fourth-order valence-corrected chi connectivity index (χ4v) is 3.27. The maximum absolute atomic E-state index is 6.34. The lowest BCUT2D eigenvalue weighted by atomic mass is 9.96. The summed E-state index contributed by atoms with van der Waals surface area (Å²) in [7, 11) is 0. The van der Waals surface area contributed by atoms with Gasteiger partial charge in [-0.2, -0.15) is 0 Å². The number of nitrogens with two attached hydrogens (primary N) is 1. The topological polar surface area (TPSA) is 26.0 Å². The van der Waals surface area contributed by atoms with Gasteiger partial charge in [-0.05, 0) is 22.8 Å². The third kappa shape index (κ3) is 1.55. The molecule has 0 unspecified atom stereocenters. The molecule has 0 radical (unpaired) electrons. The summed E-state index contributed by atoms with van der Waals surface area (Å²) >= 11 is 1.88. The molecule has 0 aromatic heterocycles. The standard InChI is InChI=1S/C14H13NS/c15-14-11-6-2-1-5-10(11)9-16-13-8-4-3-7-12(13)14/h1-8,14H,9,15H2/t14-/m1/s1. The zero-order valence-corrected chi connectivity index (χ0v) is 9.71. The Morgan fingerprint density at radius 3 is 2.50 bits per heavy atom. The molecule has 0 aliphatic carbocycles. The van der Waals surface area contributed by atoms with Crippen LogP contribution in [0, 0.1) is 0 Å². The van der Waals surface area contributed by atoms with Crippen molar-refractivity contribution >= 4 is 11.8 Å². The predicted octanol–water partition coefficient (Wildman–Crippen LogP) is 3.34. The van der Waals surface area contributed by atoms with Crippen molar-refractivity contribution in [1.82, 2.24) is 0 Å². The highest BCUT2D eigenvalue weighted by atomic mass is 32.2. The molecular formula is C14H13NS. The highest BCUT2D eigenvalue weighted by Gasteiger charge is 2.19. The first-order valence-electron chi connectivity index (χ1n) is 5.41. The minimum absolute atomic E-state index is 0.0161. The zero-order valence-electron chi connectivity index (χ0n) is 8.89. The number of hydrogen-bond acceptors (Lipinski definition) is 2. The van der Waals surface area contributed by atoms with Gasteiger partial charge in [0.05, 0.1) is 6.04 Å². The molecule has 0 bridgehead atoms. The van der Waals surface area contributed by atoms with Gasteiger partial charge in [-0.1, -0.05) is 42.5 Å². The van der Waals surface area contributed by atoms with Crippen LogP contribution in [-0.2, 0) is 5.75 Å². The Bertz CT molecular complexity index is 474. The molecule has 0 saturated heterocycles. The lowest BCUT2D eigenvalue weighted by Crippen LogP contribution is -2.13. The molecule has 0 amide bonds. The molecule has 2 N–H and O–H groups in total. The second-order valence-corrected chi connectivity index (χ2v) is 5.02. The van der Waals surface area contributed by atoms with Gasteiger partial charge in [0, 0.05) is 10.6 Å². The van der Waals surface area contributed by atoms with Crippen LogP contribution in [0.25, 0.3) is 0 Å². The molecule has 80 valence electrons. The molecule has 0 saturated carbocycles. The normalized spacial score (nSPS) is 18.4. The monoisotopic (exact) mass is 227 g/mol. The van der Waals surface area contributed by atoms with E-state index in [-0.39, 0.29) is 6.04 Å². The van der Waals surface area contributed by atoms with Gasteiger partial charge in [0.25, 0.3) is 0 Å². The van der Waals surface area contributed by atoms with E-state index in [9.17, 15) is 0 Å². The lowest BCUT2D eigenvalue weighted by Gasteiger charge is -2.14. The van der Waals surface area contributed by atoms with E-state index in [1.807, 2.05) is 11.8 Å². The number of fused-ring (bicyclic) bond motifs is 2. The molecule has 1 heterocycles. The summed E-state index contributed by atoms with van der Waals surface area (Å²) < 4.78 is 0. The van der Waals surface area contributed by atoms with Crippen LogP contribution in [0.1, 0.15) is 22.7 Å². The summed E-state index contributed by atoms with van der Waals surface area (Å²) in [6.45, 7) is 0. The maximum Gasteiger partial charge on any atom is 0.0565 e. The summed E-state index contributed by atoms with van der Waals surface area (Å²) in [4.78, 5) is 1.31.